The first-order valence-corrected chi connectivity index (χ1v) is 5.93. The van der Waals surface area contributed by atoms with Crippen LogP contribution >= 0.6 is 0 Å². The summed E-state index contributed by atoms with van der Waals surface area (Å²) in [7, 11) is 0. The highest BCUT2D eigenvalue weighted by molar-refractivity contribution is 5.53. The quantitative estimate of drug-likeness (QED) is 0.641. The van der Waals surface area contributed by atoms with Gasteiger partial charge in [0, 0.05) is 12.1 Å². The van der Waals surface area contributed by atoms with Crippen molar-refractivity contribution >= 4 is 5.69 Å². The van der Waals surface area contributed by atoms with Crippen LogP contribution in [0, 0.1) is 13.8 Å². The number of benzene rings is 1. The van der Waals surface area contributed by atoms with Crippen LogP contribution in [0.1, 0.15) is 17.5 Å². The van der Waals surface area contributed by atoms with Crippen LogP contribution in [0.15, 0.2) is 12.1 Å². The molecule has 1 aromatic rings. The average Bonchev–Trinajstić information content (AvgIpc) is 2.28. The molecular weight excluding hydrogens is 259 g/mol. The molecule has 0 aliphatic carbocycles. The maximum Gasteiger partial charge on any atom is 0.411 e. The Hall–Kier alpha value is -1.43. The van der Waals surface area contributed by atoms with Gasteiger partial charge in [-0.2, -0.15) is 13.2 Å². The summed E-state index contributed by atoms with van der Waals surface area (Å²) in [5, 5.41) is 0. The van der Waals surface area contributed by atoms with E-state index in [4.69, 9.17) is 10.5 Å². The van der Waals surface area contributed by atoms with Gasteiger partial charge in [-0.3, -0.25) is 0 Å². The molecule has 6 heteroatoms. The van der Waals surface area contributed by atoms with Crippen molar-refractivity contribution < 1.29 is 22.6 Å². The molecule has 0 fully saturated rings. The van der Waals surface area contributed by atoms with E-state index in [9.17, 15) is 13.2 Å². The third-order valence-electron chi connectivity index (χ3n) is 2.52. The maximum atomic E-state index is 11.8. The molecular formula is C13H18F3NO2. The van der Waals surface area contributed by atoms with Crippen LogP contribution in [0.5, 0.6) is 5.75 Å². The first-order chi connectivity index (χ1) is 8.79. The Morgan fingerprint density at radius 3 is 2.42 bits per heavy atom. The Balaban J connectivity index is 2.28. The molecule has 0 aromatic heterocycles. The summed E-state index contributed by atoms with van der Waals surface area (Å²) < 4.78 is 45.4. The molecule has 2 N–H and O–H groups in total. The lowest BCUT2D eigenvalue weighted by Gasteiger charge is -2.12. The predicted molar refractivity (Wildman–Crippen MR) is 67.3 cm³/mol. The van der Waals surface area contributed by atoms with Gasteiger partial charge in [-0.05, 0) is 37.1 Å². The fraction of sp³-hybridized carbons (Fsp3) is 0.538. The minimum absolute atomic E-state index is 0.0203. The summed E-state index contributed by atoms with van der Waals surface area (Å²) in [6.45, 7) is 2.85. The first-order valence-electron chi connectivity index (χ1n) is 5.93. The van der Waals surface area contributed by atoms with Gasteiger partial charge >= 0.3 is 6.18 Å². The number of ether oxygens (including phenoxy) is 2. The van der Waals surface area contributed by atoms with Crippen LogP contribution in [0.3, 0.4) is 0 Å². The van der Waals surface area contributed by atoms with Gasteiger partial charge in [-0.1, -0.05) is 0 Å². The maximum absolute atomic E-state index is 11.8. The molecule has 1 rings (SSSR count). The van der Waals surface area contributed by atoms with Crippen LogP contribution in [0.2, 0.25) is 0 Å². The largest absolute Gasteiger partial charge is 0.493 e. The van der Waals surface area contributed by atoms with Gasteiger partial charge in [0.2, 0.25) is 0 Å². The molecule has 3 nitrogen and oxygen atoms in total. The van der Waals surface area contributed by atoms with E-state index in [2.05, 4.69) is 4.74 Å². The minimum atomic E-state index is -4.27. The molecule has 0 spiro atoms. The molecule has 0 unspecified atom stereocenters. The Labute approximate surface area is 110 Å². The molecule has 0 saturated heterocycles. The van der Waals surface area contributed by atoms with Crippen LogP contribution in [0.4, 0.5) is 18.9 Å². The van der Waals surface area contributed by atoms with Crippen LogP contribution < -0.4 is 10.5 Å². The number of nitrogen functional groups attached to an aromatic ring is 1. The van der Waals surface area contributed by atoms with Gasteiger partial charge in [-0.15, -0.1) is 0 Å². The van der Waals surface area contributed by atoms with Gasteiger partial charge in [0.05, 0.1) is 13.2 Å². The van der Waals surface area contributed by atoms with Crippen LogP contribution in [-0.4, -0.2) is 26.0 Å². The van der Waals surface area contributed by atoms with Gasteiger partial charge in [0.15, 0.2) is 0 Å². The highest BCUT2D eigenvalue weighted by Crippen LogP contribution is 2.24. The van der Waals surface area contributed by atoms with Crippen molar-refractivity contribution in [3.63, 3.8) is 0 Å². The zero-order valence-electron chi connectivity index (χ0n) is 11.0. The monoisotopic (exact) mass is 277 g/mol. The van der Waals surface area contributed by atoms with E-state index in [1.54, 1.807) is 0 Å². The second-order valence-corrected chi connectivity index (χ2v) is 4.34. The summed E-state index contributed by atoms with van der Waals surface area (Å²) in [5.74, 6) is 0.697. The molecule has 0 saturated carbocycles. The number of halogens is 3. The lowest BCUT2D eigenvalue weighted by Crippen LogP contribution is -2.18. The Bertz CT molecular complexity index is 419. The average molecular weight is 277 g/mol. The summed E-state index contributed by atoms with van der Waals surface area (Å²) >= 11 is 0. The van der Waals surface area contributed by atoms with Crippen molar-refractivity contribution in [3.8, 4) is 5.75 Å². The highest BCUT2D eigenvalue weighted by atomic mass is 19.4. The number of alkyl halides is 3. The number of hydrogen-bond donors (Lipinski definition) is 1. The van der Waals surface area contributed by atoms with Gasteiger partial charge in [0.1, 0.15) is 12.4 Å². The zero-order valence-corrected chi connectivity index (χ0v) is 11.0. The number of hydrogen-bond acceptors (Lipinski definition) is 3. The summed E-state index contributed by atoms with van der Waals surface area (Å²) in [4.78, 5) is 0. The van der Waals surface area contributed by atoms with Crippen molar-refractivity contribution in [1.82, 2.24) is 0 Å². The Morgan fingerprint density at radius 2 is 1.79 bits per heavy atom. The fourth-order valence-corrected chi connectivity index (χ4v) is 1.50. The molecule has 108 valence electrons. The van der Waals surface area contributed by atoms with Crippen molar-refractivity contribution in [2.45, 2.75) is 26.4 Å². The third kappa shape index (κ3) is 5.83. The molecule has 0 radical (unpaired) electrons. The van der Waals surface area contributed by atoms with Crippen molar-refractivity contribution in [2.24, 2.45) is 0 Å². The SMILES string of the molecule is Cc1cc(OCCCOCC(F)(F)F)c(C)cc1N. The zero-order chi connectivity index (χ0) is 14.5. The molecule has 0 heterocycles. The Kier molecular flexibility index (Phi) is 5.47. The van der Waals surface area contributed by atoms with E-state index in [1.807, 2.05) is 26.0 Å². The molecule has 0 amide bonds. The van der Waals surface area contributed by atoms with Crippen molar-refractivity contribution in [3.05, 3.63) is 23.3 Å². The third-order valence-corrected chi connectivity index (χ3v) is 2.52. The smallest absolute Gasteiger partial charge is 0.411 e. The first kappa shape index (κ1) is 15.6. The second kappa shape index (κ2) is 6.65. The predicted octanol–water partition coefficient (Wildman–Crippen LogP) is 3.23. The summed E-state index contributed by atoms with van der Waals surface area (Å²) in [6, 6.07) is 3.63. The normalized spacial score (nSPS) is 11.6. The second-order valence-electron chi connectivity index (χ2n) is 4.34. The van der Waals surface area contributed by atoms with E-state index >= 15 is 0 Å². The molecule has 0 atom stereocenters. The molecule has 0 aliphatic rings. The van der Waals surface area contributed by atoms with E-state index in [0.29, 0.717) is 24.5 Å². The van der Waals surface area contributed by atoms with E-state index < -0.39 is 12.8 Å². The van der Waals surface area contributed by atoms with Crippen LogP contribution in [-0.2, 0) is 4.74 Å². The van der Waals surface area contributed by atoms with Gasteiger partial charge < -0.3 is 15.2 Å². The molecule has 19 heavy (non-hydrogen) atoms. The number of aryl methyl sites for hydroxylation is 2. The van der Waals surface area contributed by atoms with E-state index in [-0.39, 0.29) is 6.61 Å². The van der Waals surface area contributed by atoms with E-state index in [0.717, 1.165) is 11.1 Å². The van der Waals surface area contributed by atoms with Crippen molar-refractivity contribution in [2.75, 3.05) is 25.6 Å². The number of nitrogens with two attached hydrogens (primary N) is 1. The summed E-state index contributed by atoms with van der Waals surface area (Å²) in [6.07, 6.45) is -3.87. The van der Waals surface area contributed by atoms with Gasteiger partial charge in [-0.25, -0.2) is 0 Å². The minimum Gasteiger partial charge on any atom is -0.493 e. The van der Waals surface area contributed by atoms with Crippen LogP contribution in [0.25, 0.3) is 0 Å². The lowest BCUT2D eigenvalue weighted by molar-refractivity contribution is -0.174. The van der Waals surface area contributed by atoms with E-state index in [1.165, 1.54) is 0 Å². The standard InChI is InChI=1S/C13H18F3NO2/c1-9-7-12(10(2)6-11(9)17)19-5-3-4-18-8-13(14,15)16/h6-7H,3-5,8,17H2,1-2H3. The summed E-state index contributed by atoms with van der Waals surface area (Å²) in [5.41, 5.74) is 8.25. The molecule has 0 bridgehead atoms. The van der Waals surface area contributed by atoms with Gasteiger partial charge in [0.25, 0.3) is 0 Å². The number of anilines is 1. The van der Waals surface area contributed by atoms with Crippen molar-refractivity contribution in [1.29, 1.82) is 0 Å². The fourth-order valence-electron chi connectivity index (χ4n) is 1.50. The topological polar surface area (TPSA) is 44.5 Å². The molecule has 1 aromatic carbocycles. The molecule has 0 aliphatic heterocycles. The number of rotatable bonds is 6. The highest BCUT2D eigenvalue weighted by Gasteiger charge is 2.27. The Morgan fingerprint density at radius 1 is 1.11 bits per heavy atom. The lowest BCUT2D eigenvalue weighted by atomic mass is 10.1.